The predicted octanol–water partition coefficient (Wildman–Crippen LogP) is 2.88. The van der Waals surface area contributed by atoms with Crippen molar-refractivity contribution < 1.29 is 0 Å². The fourth-order valence-corrected chi connectivity index (χ4v) is 2.68. The van der Waals surface area contributed by atoms with Crippen LogP contribution in [0.3, 0.4) is 0 Å². The summed E-state index contributed by atoms with van der Waals surface area (Å²) in [6.07, 6.45) is 8.83. The molecule has 0 atom stereocenters. The zero-order valence-electron chi connectivity index (χ0n) is 11.7. The first-order chi connectivity index (χ1) is 8.81. The van der Waals surface area contributed by atoms with Crippen LogP contribution in [-0.4, -0.2) is 25.1 Å². The topological polar surface area (TPSA) is 28.2 Å². The van der Waals surface area contributed by atoms with Crippen LogP contribution < -0.4 is 10.2 Å². The molecule has 1 saturated heterocycles. The average molecular weight is 247 g/mol. The standard InChI is InChI=1S/C15H25N3/c1-13-10-15(14(11-16-2)12-17-13)18-8-6-4-3-5-7-9-18/h10,12,16H,3-9,11H2,1-2H3. The Hall–Kier alpha value is -1.09. The van der Waals surface area contributed by atoms with Crippen molar-refractivity contribution in [3.05, 3.63) is 23.5 Å². The Morgan fingerprint density at radius 1 is 1.17 bits per heavy atom. The van der Waals surface area contributed by atoms with Crippen LogP contribution in [0.5, 0.6) is 0 Å². The van der Waals surface area contributed by atoms with E-state index in [0.29, 0.717) is 0 Å². The minimum Gasteiger partial charge on any atom is -0.371 e. The number of aromatic nitrogens is 1. The van der Waals surface area contributed by atoms with E-state index in [9.17, 15) is 0 Å². The molecule has 18 heavy (non-hydrogen) atoms. The molecule has 0 saturated carbocycles. The van der Waals surface area contributed by atoms with Crippen LogP contribution in [0.1, 0.15) is 43.4 Å². The quantitative estimate of drug-likeness (QED) is 0.890. The van der Waals surface area contributed by atoms with Crippen LogP contribution in [0.25, 0.3) is 0 Å². The Morgan fingerprint density at radius 3 is 2.50 bits per heavy atom. The molecule has 1 N–H and O–H groups in total. The van der Waals surface area contributed by atoms with E-state index < -0.39 is 0 Å². The Morgan fingerprint density at radius 2 is 1.83 bits per heavy atom. The van der Waals surface area contributed by atoms with Crippen molar-refractivity contribution in [3.63, 3.8) is 0 Å². The van der Waals surface area contributed by atoms with Gasteiger partial charge < -0.3 is 10.2 Å². The largest absolute Gasteiger partial charge is 0.371 e. The molecule has 1 aromatic rings. The second-order valence-electron chi connectivity index (χ2n) is 5.24. The van der Waals surface area contributed by atoms with Crippen molar-refractivity contribution in [2.75, 3.05) is 25.0 Å². The van der Waals surface area contributed by atoms with E-state index in [1.54, 1.807) is 0 Å². The molecule has 3 heteroatoms. The van der Waals surface area contributed by atoms with E-state index in [4.69, 9.17) is 0 Å². The lowest BCUT2D eigenvalue weighted by Crippen LogP contribution is -2.28. The number of anilines is 1. The maximum absolute atomic E-state index is 4.43. The van der Waals surface area contributed by atoms with Crippen LogP contribution in [0, 0.1) is 6.92 Å². The van der Waals surface area contributed by atoms with E-state index in [1.165, 1.54) is 56.4 Å². The fraction of sp³-hybridized carbons (Fsp3) is 0.667. The van der Waals surface area contributed by atoms with E-state index in [-0.39, 0.29) is 0 Å². The van der Waals surface area contributed by atoms with Gasteiger partial charge in [0, 0.05) is 42.8 Å². The minimum atomic E-state index is 0.902. The van der Waals surface area contributed by atoms with Gasteiger partial charge >= 0.3 is 0 Å². The Kier molecular flexibility index (Phi) is 5.00. The summed E-state index contributed by atoms with van der Waals surface area (Å²) in [5.41, 5.74) is 3.83. The molecule has 0 bridgehead atoms. The lowest BCUT2D eigenvalue weighted by Gasteiger charge is -2.29. The molecule has 0 unspecified atom stereocenters. The zero-order valence-corrected chi connectivity index (χ0v) is 11.7. The highest BCUT2D eigenvalue weighted by Crippen LogP contribution is 2.23. The van der Waals surface area contributed by atoms with Crippen LogP contribution >= 0.6 is 0 Å². The van der Waals surface area contributed by atoms with Gasteiger partial charge in [0.25, 0.3) is 0 Å². The minimum absolute atomic E-state index is 0.902. The third kappa shape index (κ3) is 3.45. The van der Waals surface area contributed by atoms with Gasteiger partial charge in [-0.3, -0.25) is 4.98 Å². The number of aryl methyl sites for hydroxylation is 1. The molecule has 0 aliphatic carbocycles. The second kappa shape index (κ2) is 6.74. The van der Waals surface area contributed by atoms with Gasteiger partial charge in [0.15, 0.2) is 0 Å². The van der Waals surface area contributed by atoms with Crippen molar-refractivity contribution in [1.29, 1.82) is 0 Å². The summed E-state index contributed by atoms with van der Waals surface area (Å²) in [5, 5.41) is 3.24. The van der Waals surface area contributed by atoms with Crippen molar-refractivity contribution in [1.82, 2.24) is 10.3 Å². The Balaban J connectivity index is 2.19. The van der Waals surface area contributed by atoms with Crippen molar-refractivity contribution >= 4 is 5.69 Å². The molecule has 1 aromatic heterocycles. The van der Waals surface area contributed by atoms with Gasteiger partial charge in [-0.25, -0.2) is 0 Å². The summed E-state index contributed by atoms with van der Waals surface area (Å²) < 4.78 is 0. The van der Waals surface area contributed by atoms with Gasteiger partial charge in [-0.2, -0.15) is 0 Å². The second-order valence-corrected chi connectivity index (χ2v) is 5.24. The summed E-state index contributed by atoms with van der Waals surface area (Å²) >= 11 is 0. The molecule has 0 radical (unpaired) electrons. The third-order valence-electron chi connectivity index (χ3n) is 3.66. The van der Waals surface area contributed by atoms with Gasteiger partial charge in [0.2, 0.25) is 0 Å². The van der Waals surface area contributed by atoms with Gasteiger partial charge in [-0.05, 0) is 32.9 Å². The number of hydrogen-bond donors (Lipinski definition) is 1. The van der Waals surface area contributed by atoms with Crippen LogP contribution in [0.15, 0.2) is 12.3 Å². The van der Waals surface area contributed by atoms with Gasteiger partial charge in [-0.1, -0.05) is 19.3 Å². The van der Waals surface area contributed by atoms with Crippen molar-refractivity contribution in [2.45, 2.75) is 45.6 Å². The van der Waals surface area contributed by atoms with Crippen LogP contribution in [-0.2, 0) is 6.54 Å². The maximum Gasteiger partial charge on any atom is 0.0445 e. The van der Waals surface area contributed by atoms with Crippen molar-refractivity contribution in [3.8, 4) is 0 Å². The molecule has 0 amide bonds. The average Bonchev–Trinajstić information content (AvgIpc) is 2.32. The predicted molar refractivity (Wildman–Crippen MR) is 77.0 cm³/mol. The molecule has 0 aromatic carbocycles. The van der Waals surface area contributed by atoms with E-state index in [0.717, 1.165) is 12.2 Å². The molecular weight excluding hydrogens is 222 g/mol. The van der Waals surface area contributed by atoms with E-state index >= 15 is 0 Å². The first-order valence-electron chi connectivity index (χ1n) is 7.16. The third-order valence-corrected chi connectivity index (χ3v) is 3.66. The summed E-state index contributed by atoms with van der Waals surface area (Å²) in [6.45, 7) is 5.37. The Bertz CT molecular complexity index is 368. The smallest absolute Gasteiger partial charge is 0.0445 e. The summed E-state index contributed by atoms with van der Waals surface area (Å²) in [6, 6.07) is 2.24. The summed E-state index contributed by atoms with van der Waals surface area (Å²) in [7, 11) is 2.00. The molecule has 1 aliphatic heterocycles. The molecule has 1 fully saturated rings. The molecular formula is C15H25N3. The molecule has 0 spiro atoms. The highest BCUT2D eigenvalue weighted by Gasteiger charge is 2.13. The van der Waals surface area contributed by atoms with Crippen LogP contribution in [0.4, 0.5) is 5.69 Å². The number of nitrogens with zero attached hydrogens (tertiary/aromatic N) is 2. The van der Waals surface area contributed by atoms with Gasteiger partial charge in [0.1, 0.15) is 0 Å². The molecule has 2 rings (SSSR count). The zero-order chi connectivity index (χ0) is 12.8. The molecule has 100 valence electrons. The fourth-order valence-electron chi connectivity index (χ4n) is 2.68. The highest BCUT2D eigenvalue weighted by molar-refractivity contribution is 5.53. The maximum atomic E-state index is 4.43. The number of hydrogen-bond acceptors (Lipinski definition) is 3. The van der Waals surface area contributed by atoms with Crippen LogP contribution in [0.2, 0.25) is 0 Å². The normalized spacial score (nSPS) is 17.3. The monoisotopic (exact) mass is 247 g/mol. The number of nitrogens with one attached hydrogen (secondary N) is 1. The van der Waals surface area contributed by atoms with Crippen molar-refractivity contribution in [2.24, 2.45) is 0 Å². The molecule has 3 nitrogen and oxygen atoms in total. The summed E-state index contributed by atoms with van der Waals surface area (Å²) in [4.78, 5) is 6.98. The van der Waals surface area contributed by atoms with Gasteiger partial charge in [0.05, 0.1) is 0 Å². The SMILES string of the molecule is CNCc1cnc(C)cc1N1CCCCCCC1. The lowest BCUT2D eigenvalue weighted by atomic mass is 10.1. The summed E-state index contributed by atoms with van der Waals surface area (Å²) in [5.74, 6) is 0. The first kappa shape index (κ1) is 13.3. The number of pyridine rings is 1. The first-order valence-corrected chi connectivity index (χ1v) is 7.16. The Labute approximate surface area is 111 Å². The van der Waals surface area contributed by atoms with Gasteiger partial charge in [-0.15, -0.1) is 0 Å². The molecule has 2 heterocycles. The number of rotatable bonds is 3. The molecule has 1 aliphatic rings. The van der Waals surface area contributed by atoms with E-state index in [1.807, 2.05) is 13.2 Å². The highest BCUT2D eigenvalue weighted by atomic mass is 15.1. The lowest BCUT2D eigenvalue weighted by molar-refractivity contribution is 0.555. The van der Waals surface area contributed by atoms with E-state index in [2.05, 4.69) is 28.2 Å².